The van der Waals surface area contributed by atoms with E-state index >= 15 is 0 Å². The van der Waals surface area contributed by atoms with Crippen LogP contribution in [0.15, 0.2) is 40.8 Å². The molecular weight excluding hydrogens is 254 g/mol. The van der Waals surface area contributed by atoms with E-state index in [1.807, 2.05) is 0 Å². The molecule has 20 heavy (non-hydrogen) atoms. The van der Waals surface area contributed by atoms with Gasteiger partial charge in [0.2, 0.25) is 5.76 Å². The number of furan rings is 1. The van der Waals surface area contributed by atoms with E-state index < -0.39 is 5.97 Å². The van der Waals surface area contributed by atoms with Gasteiger partial charge in [-0.25, -0.2) is 4.79 Å². The third kappa shape index (κ3) is 3.71. The smallest absolute Gasteiger partial charge is 0.371 e. The van der Waals surface area contributed by atoms with Crippen molar-refractivity contribution >= 4 is 5.97 Å². The van der Waals surface area contributed by atoms with Gasteiger partial charge >= 0.3 is 5.97 Å². The van der Waals surface area contributed by atoms with E-state index in [0.717, 1.165) is 6.54 Å². The summed E-state index contributed by atoms with van der Waals surface area (Å²) >= 11 is 0. The zero-order valence-electron chi connectivity index (χ0n) is 11.7. The predicted molar refractivity (Wildman–Crippen MR) is 76.7 cm³/mol. The van der Waals surface area contributed by atoms with Gasteiger partial charge in [0.05, 0.1) is 6.54 Å². The van der Waals surface area contributed by atoms with Crippen molar-refractivity contribution in [2.24, 2.45) is 0 Å². The Morgan fingerprint density at radius 3 is 2.40 bits per heavy atom. The molecular formula is C16H19NO3. The van der Waals surface area contributed by atoms with Gasteiger partial charge in [0.1, 0.15) is 5.76 Å². The monoisotopic (exact) mass is 273 g/mol. The van der Waals surface area contributed by atoms with Gasteiger partial charge in [0.15, 0.2) is 0 Å². The van der Waals surface area contributed by atoms with Crippen LogP contribution in [0.1, 0.15) is 47.2 Å². The molecule has 106 valence electrons. The minimum absolute atomic E-state index is 0.0249. The number of nitrogens with one attached hydrogen (secondary N) is 1. The Hall–Kier alpha value is -2.07. The fraction of sp³-hybridized carbons (Fsp3) is 0.312. The second-order valence-corrected chi connectivity index (χ2v) is 5.07. The predicted octanol–water partition coefficient (Wildman–Crippen LogP) is 3.39. The topological polar surface area (TPSA) is 62.5 Å². The Morgan fingerprint density at radius 2 is 1.85 bits per heavy atom. The fourth-order valence-electron chi connectivity index (χ4n) is 1.94. The van der Waals surface area contributed by atoms with Crippen LogP contribution in [0.25, 0.3) is 0 Å². The highest BCUT2D eigenvalue weighted by molar-refractivity contribution is 5.84. The van der Waals surface area contributed by atoms with E-state index in [4.69, 9.17) is 9.52 Å². The summed E-state index contributed by atoms with van der Waals surface area (Å²) in [6.45, 7) is 5.58. The lowest BCUT2D eigenvalue weighted by Crippen LogP contribution is -2.12. The lowest BCUT2D eigenvalue weighted by Gasteiger charge is -2.07. The molecule has 2 N–H and O–H groups in total. The molecule has 0 aliphatic heterocycles. The highest BCUT2D eigenvalue weighted by atomic mass is 16.4. The van der Waals surface area contributed by atoms with Gasteiger partial charge in [-0.15, -0.1) is 0 Å². The van der Waals surface area contributed by atoms with Gasteiger partial charge in [-0.1, -0.05) is 38.1 Å². The van der Waals surface area contributed by atoms with Gasteiger partial charge in [0, 0.05) is 6.54 Å². The van der Waals surface area contributed by atoms with E-state index in [1.54, 1.807) is 6.07 Å². The highest BCUT2D eigenvalue weighted by Crippen LogP contribution is 2.14. The van der Waals surface area contributed by atoms with Gasteiger partial charge in [-0.2, -0.15) is 0 Å². The molecule has 1 heterocycles. The first-order chi connectivity index (χ1) is 9.56. The fourth-order valence-corrected chi connectivity index (χ4v) is 1.94. The third-order valence-corrected chi connectivity index (χ3v) is 3.15. The quantitative estimate of drug-likeness (QED) is 0.846. The minimum Gasteiger partial charge on any atom is -0.475 e. The number of carboxylic acids is 1. The van der Waals surface area contributed by atoms with Crippen molar-refractivity contribution in [1.82, 2.24) is 5.32 Å². The number of hydrogen-bond donors (Lipinski definition) is 2. The first kappa shape index (κ1) is 14.3. The van der Waals surface area contributed by atoms with Crippen LogP contribution in [0.3, 0.4) is 0 Å². The maximum Gasteiger partial charge on any atom is 0.371 e. The largest absolute Gasteiger partial charge is 0.475 e. The molecule has 0 bridgehead atoms. The molecule has 4 nitrogen and oxygen atoms in total. The summed E-state index contributed by atoms with van der Waals surface area (Å²) in [6, 6.07) is 11.6. The molecule has 0 radical (unpaired) electrons. The molecule has 0 saturated heterocycles. The molecule has 0 aliphatic rings. The zero-order valence-corrected chi connectivity index (χ0v) is 11.7. The molecule has 0 unspecified atom stereocenters. The summed E-state index contributed by atoms with van der Waals surface area (Å²) in [5.74, 6) is 0.0966. The molecule has 0 atom stereocenters. The summed E-state index contributed by atoms with van der Waals surface area (Å²) in [7, 11) is 0. The maximum absolute atomic E-state index is 10.7. The number of hydrogen-bond acceptors (Lipinski definition) is 3. The lowest BCUT2D eigenvalue weighted by atomic mass is 10.0. The van der Waals surface area contributed by atoms with Crippen LogP contribution in [0.5, 0.6) is 0 Å². The summed E-state index contributed by atoms with van der Waals surface area (Å²) in [4.78, 5) is 10.7. The van der Waals surface area contributed by atoms with E-state index in [1.165, 1.54) is 17.2 Å². The van der Waals surface area contributed by atoms with Gasteiger partial charge < -0.3 is 14.8 Å². The van der Waals surface area contributed by atoms with Gasteiger partial charge in [-0.05, 0) is 29.2 Å². The first-order valence-electron chi connectivity index (χ1n) is 6.68. The Morgan fingerprint density at radius 1 is 1.15 bits per heavy atom. The SMILES string of the molecule is CC(C)c1ccc(CNCc2ccc(C(=O)O)o2)cc1. The summed E-state index contributed by atoms with van der Waals surface area (Å²) < 4.78 is 5.17. The molecule has 0 spiro atoms. The van der Waals surface area contributed by atoms with Crippen LogP contribution < -0.4 is 5.32 Å². The summed E-state index contributed by atoms with van der Waals surface area (Å²) in [6.07, 6.45) is 0. The van der Waals surface area contributed by atoms with E-state index in [9.17, 15) is 4.79 Å². The van der Waals surface area contributed by atoms with Crippen molar-refractivity contribution in [3.05, 3.63) is 59.0 Å². The van der Waals surface area contributed by atoms with Crippen LogP contribution in [-0.4, -0.2) is 11.1 Å². The van der Waals surface area contributed by atoms with Crippen molar-refractivity contribution in [3.8, 4) is 0 Å². The van der Waals surface area contributed by atoms with Crippen molar-refractivity contribution < 1.29 is 14.3 Å². The normalized spacial score (nSPS) is 10.9. The van der Waals surface area contributed by atoms with E-state index in [0.29, 0.717) is 18.2 Å². The molecule has 0 amide bonds. The second-order valence-electron chi connectivity index (χ2n) is 5.07. The van der Waals surface area contributed by atoms with Crippen molar-refractivity contribution in [1.29, 1.82) is 0 Å². The molecule has 2 rings (SSSR count). The highest BCUT2D eigenvalue weighted by Gasteiger charge is 2.08. The van der Waals surface area contributed by atoms with Crippen molar-refractivity contribution in [2.45, 2.75) is 32.9 Å². The first-order valence-corrected chi connectivity index (χ1v) is 6.68. The Kier molecular flexibility index (Phi) is 4.58. The van der Waals surface area contributed by atoms with Crippen LogP contribution in [0, 0.1) is 0 Å². The van der Waals surface area contributed by atoms with E-state index in [2.05, 4.69) is 43.4 Å². The van der Waals surface area contributed by atoms with E-state index in [-0.39, 0.29) is 5.76 Å². The minimum atomic E-state index is -1.04. The Labute approximate surface area is 118 Å². The van der Waals surface area contributed by atoms with Crippen LogP contribution in [-0.2, 0) is 13.1 Å². The van der Waals surface area contributed by atoms with Crippen LogP contribution >= 0.6 is 0 Å². The third-order valence-electron chi connectivity index (χ3n) is 3.15. The molecule has 0 saturated carbocycles. The van der Waals surface area contributed by atoms with Gasteiger partial charge in [0.25, 0.3) is 0 Å². The number of aromatic carboxylic acids is 1. The molecule has 1 aromatic heterocycles. The van der Waals surface area contributed by atoms with Crippen molar-refractivity contribution in [2.75, 3.05) is 0 Å². The molecule has 0 fully saturated rings. The standard InChI is InChI=1S/C16H19NO3/c1-11(2)13-5-3-12(4-6-13)9-17-10-14-7-8-15(20-14)16(18)19/h3-8,11,17H,9-10H2,1-2H3,(H,18,19). The zero-order chi connectivity index (χ0) is 14.5. The lowest BCUT2D eigenvalue weighted by molar-refractivity contribution is 0.0660. The van der Waals surface area contributed by atoms with Crippen molar-refractivity contribution in [3.63, 3.8) is 0 Å². The Balaban J connectivity index is 1.84. The number of rotatable bonds is 6. The average Bonchev–Trinajstić information content (AvgIpc) is 2.88. The number of benzene rings is 1. The molecule has 0 aliphatic carbocycles. The number of carbonyl (C=O) groups is 1. The van der Waals surface area contributed by atoms with Crippen LogP contribution in [0.4, 0.5) is 0 Å². The Bertz CT molecular complexity index is 570. The summed E-state index contributed by atoms with van der Waals surface area (Å²) in [5, 5.41) is 12.0. The average molecular weight is 273 g/mol. The second kappa shape index (κ2) is 6.39. The van der Waals surface area contributed by atoms with Gasteiger partial charge in [-0.3, -0.25) is 0 Å². The van der Waals surface area contributed by atoms with Crippen LogP contribution in [0.2, 0.25) is 0 Å². The summed E-state index contributed by atoms with van der Waals surface area (Å²) in [5.41, 5.74) is 2.52. The maximum atomic E-state index is 10.7. The number of carboxylic acid groups (broad SMARTS) is 1. The molecule has 4 heteroatoms. The molecule has 2 aromatic rings. The molecule has 1 aromatic carbocycles.